The summed E-state index contributed by atoms with van der Waals surface area (Å²) in [5.74, 6) is 1.95. The molecule has 1 aliphatic rings. The first-order chi connectivity index (χ1) is 19.0. The molecule has 9 heteroatoms. The van der Waals surface area contributed by atoms with Crippen molar-refractivity contribution in [1.82, 2.24) is 19.9 Å². The van der Waals surface area contributed by atoms with Gasteiger partial charge in [0, 0.05) is 41.6 Å². The molecule has 0 bridgehead atoms. The Morgan fingerprint density at radius 2 is 1.64 bits per heavy atom. The Labute approximate surface area is 239 Å². The zero-order valence-corrected chi connectivity index (χ0v) is 23.1. The number of benzene rings is 2. The third-order valence-electron chi connectivity index (χ3n) is 7.01. The van der Waals surface area contributed by atoms with E-state index in [0.29, 0.717) is 40.7 Å². The molecule has 2 aromatic heterocycles. The fourth-order valence-electron chi connectivity index (χ4n) is 4.96. The smallest absolute Gasteiger partial charge is 0.243 e. The van der Waals surface area contributed by atoms with Crippen molar-refractivity contribution in [3.63, 3.8) is 0 Å². The minimum Gasteiger partial charge on any atom is -0.358 e. The predicted octanol–water partition coefficient (Wildman–Crippen LogP) is 6.86. The van der Waals surface area contributed by atoms with Gasteiger partial charge in [0.2, 0.25) is 11.9 Å². The van der Waals surface area contributed by atoms with Gasteiger partial charge < -0.3 is 20.5 Å². The van der Waals surface area contributed by atoms with Crippen LogP contribution in [0.15, 0.2) is 79.1 Å². The molecule has 7 nitrogen and oxygen atoms in total. The summed E-state index contributed by atoms with van der Waals surface area (Å²) >= 11 is 12.2. The Bertz CT molecular complexity index is 1370. The summed E-state index contributed by atoms with van der Waals surface area (Å²) < 4.78 is 1.92. The van der Waals surface area contributed by atoms with Crippen molar-refractivity contribution in [3.8, 4) is 5.82 Å². The minimum atomic E-state index is -0.411. The molecule has 5 rings (SSSR count). The maximum atomic E-state index is 13.6. The number of carbonyl (C=O) groups excluding carboxylic acids is 1. The van der Waals surface area contributed by atoms with Gasteiger partial charge in [-0.2, -0.15) is 9.97 Å². The van der Waals surface area contributed by atoms with E-state index in [9.17, 15) is 4.79 Å². The Kier molecular flexibility index (Phi) is 9.01. The van der Waals surface area contributed by atoms with Crippen molar-refractivity contribution in [1.29, 1.82) is 0 Å². The highest BCUT2D eigenvalue weighted by Crippen LogP contribution is 2.29. The molecule has 1 atom stereocenters. The second-order valence-electron chi connectivity index (χ2n) is 9.87. The van der Waals surface area contributed by atoms with Gasteiger partial charge in [-0.25, -0.2) is 0 Å². The van der Waals surface area contributed by atoms with E-state index in [1.807, 2.05) is 83.7 Å². The molecule has 2 aromatic carbocycles. The third-order valence-corrected chi connectivity index (χ3v) is 7.50. The summed E-state index contributed by atoms with van der Waals surface area (Å²) in [5, 5.41) is 11.3. The first-order valence-corrected chi connectivity index (χ1v) is 14.1. The second kappa shape index (κ2) is 13.0. The van der Waals surface area contributed by atoms with Crippen molar-refractivity contribution < 1.29 is 4.79 Å². The van der Waals surface area contributed by atoms with Crippen LogP contribution in [0.3, 0.4) is 0 Å². The number of carbonyl (C=O) groups is 1. The molecule has 0 spiro atoms. The van der Waals surface area contributed by atoms with E-state index in [1.54, 1.807) is 0 Å². The first-order valence-electron chi connectivity index (χ1n) is 13.3. The van der Waals surface area contributed by atoms with Gasteiger partial charge in [0.1, 0.15) is 17.7 Å². The van der Waals surface area contributed by atoms with E-state index < -0.39 is 6.04 Å². The lowest BCUT2D eigenvalue weighted by atomic mass is 9.83. The number of amides is 1. The van der Waals surface area contributed by atoms with Crippen LogP contribution < -0.4 is 16.0 Å². The summed E-state index contributed by atoms with van der Waals surface area (Å²) in [6.07, 6.45) is 9.33. The Morgan fingerprint density at radius 3 is 2.38 bits per heavy atom. The van der Waals surface area contributed by atoms with Crippen LogP contribution in [0.2, 0.25) is 10.0 Å². The summed E-state index contributed by atoms with van der Waals surface area (Å²) in [4.78, 5) is 23.0. The molecular weight excluding hydrogens is 531 g/mol. The fourth-order valence-corrected chi connectivity index (χ4v) is 5.30. The number of anilines is 2. The summed E-state index contributed by atoms with van der Waals surface area (Å²) in [6, 6.07) is 20.6. The molecule has 0 aliphatic heterocycles. The van der Waals surface area contributed by atoms with Crippen LogP contribution >= 0.6 is 23.2 Å². The molecule has 2 heterocycles. The molecule has 39 heavy (non-hydrogen) atoms. The standard InChI is InChI=1S/C30H32Cl2N6O/c31-24-13-11-21(12-14-24)19-33-29(39)28(23-8-2-1-3-9-23)35-26-18-27(38-15-4-5-16-38)37-30(36-26)34-20-22-7-6-10-25(32)17-22/h4-7,10-18,23,28H,1-3,8-9,19-20H2,(H,33,39)(H2,34,35,36,37). The lowest BCUT2D eigenvalue weighted by Gasteiger charge is -2.30. The highest BCUT2D eigenvalue weighted by Gasteiger charge is 2.30. The van der Waals surface area contributed by atoms with Crippen molar-refractivity contribution in [2.75, 3.05) is 10.6 Å². The molecule has 1 aliphatic carbocycles. The van der Waals surface area contributed by atoms with Gasteiger partial charge in [0.25, 0.3) is 0 Å². The Morgan fingerprint density at radius 1 is 0.872 bits per heavy atom. The monoisotopic (exact) mass is 562 g/mol. The summed E-state index contributed by atoms with van der Waals surface area (Å²) in [7, 11) is 0. The van der Waals surface area contributed by atoms with Crippen LogP contribution in [-0.4, -0.2) is 26.5 Å². The van der Waals surface area contributed by atoms with E-state index in [0.717, 1.165) is 36.8 Å². The van der Waals surface area contributed by atoms with Crippen LogP contribution in [0.4, 0.5) is 11.8 Å². The molecule has 1 fully saturated rings. The molecule has 4 aromatic rings. The maximum Gasteiger partial charge on any atom is 0.243 e. The lowest BCUT2D eigenvalue weighted by Crippen LogP contribution is -2.45. The van der Waals surface area contributed by atoms with Crippen LogP contribution in [-0.2, 0) is 17.9 Å². The van der Waals surface area contributed by atoms with E-state index >= 15 is 0 Å². The zero-order valence-electron chi connectivity index (χ0n) is 21.6. The van der Waals surface area contributed by atoms with E-state index in [-0.39, 0.29) is 11.8 Å². The van der Waals surface area contributed by atoms with Gasteiger partial charge in [0.05, 0.1) is 0 Å². The van der Waals surface area contributed by atoms with Crippen LogP contribution in [0.25, 0.3) is 5.82 Å². The van der Waals surface area contributed by atoms with E-state index in [4.69, 9.17) is 33.2 Å². The first kappa shape index (κ1) is 27.0. The van der Waals surface area contributed by atoms with E-state index in [2.05, 4.69) is 16.0 Å². The summed E-state index contributed by atoms with van der Waals surface area (Å²) in [5.41, 5.74) is 2.02. The molecule has 1 amide bonds. The minimum absolute atomic E-state index is 0.0357. The van der Waals surface area contributed by atoms with Crippen LogP contribution in [0.5, 0.6) is 0 Å². The topological polar surface area (TPSA) is 83.9 Å². The van der Waals surface area contributed by atoms with Crippen LogP contribution in [0.1, 0.15) is 43.2 Å². The molecule has 0 radical (unpaired) electrons. The predicted molar refractivity (Wildman–Crippen MR) is 157 cm³/mol. The van der Waals surface area contributed by atoms with E-state index in [1.165, 1.54) is 6.42 Å². The number of halogens is 2. The number of nitrogens with zero attached hydrogens (tertiary/aromatic N) is 3. The van der Waals surface area contributed by atoms with Gasteiger partial charge in [-0.3, -0.25) is 4.79 Å². The molecular formula is C30H32Cl2N6O. The van der Waals surface area contributed by atoms with Crippen molar-refractivity contribution in [2.24, 2.45) is 5.92 Å². The van der Waals surface area contributed by atoms with Crippen molar-refractivity contribution in [3.05, 3.63) is 100 Å². The molecule has 3 N–H and O–H groups in total. The molecule has 1 saturated carbocycles. The SMILES string of the molecule is O=C(NCc1ccc(Cl)cc1)C(Nc1cc(-n2cccc2)nc(NCc2cccc(Cl)c2)n1)C1CCCCC1. The van der Waals surface area contributed by atoms with Gasteiger partial charge in [-0.1, -0.05) is 66.7 Å². The van der Waals surface area contributed by atoms with Crippen molar-refractivity contribution in [2.45, 2.75) is 51.2 Å². The summed E-state index contributed by atoms with van der Waals surface area (Å²) in [6.45, 7) is 0.953. The normalized spacial score (nSPS) is 14.5. The average Bonchev–Trinajstić information content (AvgIpc) is 3.50. The average molecular weight is 564 g/mol. The highest BCUT2D eigenvalue weighted by molar-refractivity contribution is 6.30. The number of aromatic nitrogens is 3. The Hall–Kier alpha value is -3.55. The van der Waals surface area contributed by atoms with Crippen LogP contribution in [0, 0.1) is 5.92 Å². The lowest BCUT2D eigenvalue weighted by molar-refractivity contribution is -0.123. The fraction of sp³-hybridized carbons (Fsp3) is 0.300. The third kappa shape index (κ3) is 7.52. The highest BCUT2D eigenvalue weighted by atomic mass is 35.5. The molecule has 0 saturated heterocycles. The number of hydrogen-bond donors (Lipinski definition) is 3. The molecule has 202 valence electrons. The largest absolute Gasteiger partial charge is 0.358 e. The second-order valence-corrected chi connectivity index (χ2v) is 10.7. The zero-order chi connectivity index (χ0) is 27.0. The Balaban J connectivity index is 1.37. The number of nitrogens with one attached hydrogen (secondary N) is 3. The van der Waals surface area contributed by atoms with Gasteiger partial charge in [-0.05, 0) is 66.3 Å². The van der Waals surface area contributed by atoms with Gasteiger partial charge in [0.15, 0.2) is 0 Å². The molecule has 1 unspecified atom stereocenters. The number of rotatable bonds is 10. The quantitative estimate of drug-likeness (QED) is 0.196. The number of hydrogen-bond acceptors (Lipinski definition) is 5. The van der Waals surface area contributed by atoms with Gasteiger partial charge in [-0.15, -0.1) is 0 Å². The van der Waals surface area contributed by atoms with Gasteiger partial charge >= 0.3 is 0 Å². The van der Waals surface area contributed by atoms with Crippen molar-refractivity contribution >= 4 is 40.9 Å². The maximum absolute atomic E-state index is 13.6.